The zero-order chi connectivity index (χ0) is 13.0. The number of nitrogens with one attached hydrogen (secondary N) is 1. The maximum atomic E-state index is 5.38. The van der Waals surface area contributed by atoms with E-state index in [4.69, 9.17) is 9.47 Å². The monoisotopic (exact) mass is 263 g/mol. The Hall–Kier alpha value is -1.52. The van der Waals surface area contributed by atoms with Crippen molar-refractivity contribution in [3.8, 4) is 11.5 Å². The van der Waals surface area contributed by atoms with E-state index in [-0.39, 0.29) is 6.04 Å². The molecule has 0 aliphatic carbocycles. The van der Waals surface area contributed by atoms with Gasteiger partial charge in [-0.2, -0.15) is 0 Å². The third-order valence-corrected chi connectivity index (χ3v) is 3.84. The minimum Gasteiger partial charge on any atom is -0.497 e. The van der Waals surface area contributed by atoms with Crippen LogP contribution in [0.25, 0.3) is 0 Å². The van der Waals surface area contributed by atoms with E-state index < -0.39 is 0 Å². The van der Waals surface area contributed by atoms with E-state index in [0.29, 0.717) is 0 Å². The van der Waals surface area contributed by atoms with E-state index in [2.05, 4.69) is 17.4 Å². The van der Waals surface area contributed by atoms with E-state index in [1.165, 1.54) is 10.4 Å². The van der Waals surface area contributed by atoms with Gasteiger partial charge < -0.3 is 14.8 Å². The molecule has 1 atom stereocenters. The number of methoxy groups -OCH3 is 2. The van der Waals surface area contributed by atoms with Crippen LogP contribution in [0.4, 0.5) is 0 Å². The maximum Gasteiger partial charge on any atom is 0.134 e. The van der Waals surface area contributed by atoms with Crippen LogP contribution in [0.1, 0.15) is 16.5 Å². The van der Waals surface area contributed by atoms with Gasteiger partial charge in [-0.25, -0.2) is 0 Å². The molecule has 1 aromatic heterocycles. The number of hydrogen-bond donors (Lipinski definition) is 1. The first-order chi connectivity index (χ1) is 8.80. The molecule has 4 heteroatoms. The van der Waals surface area contributed by atoms with Crippen molar-refractivity contribution in [1.29, 1.82) is 0 Å². The average Bonchev–Trinajstić information content (AvgIpc) is 2.89. The second-order valence-electron chi connectivity index (χ2n) is 3.85. The topological polar surface area (TPSA) is 30.5 Å². The highest BCUT2D eigenvalue weighted by molar-refractivity contribution is 7.10. The Kier molecular flexibility index (Phi) is 4.23. The van der Waals surface area contributed by atoms with Crippen molar-refractivity contribution in [2.45, 2.75) is 6.04 Å². The number of thiophene rings is 1. The zero-order valence-corrected chi connectivity index (χ0v) is 11.6. The molecule has 1 aromatic carbocycles. The first kappa shape index (κ1) is 12.9. The van der Waals surface area contributed by atoms with Gasteiger partial charge >= 0.3 is 0 Å². The van der Waals surface area contributed by atoms with E-state index >= 15 is 0 Å². The summed E-state index contributed by atoms with van der Waals surface area (Å²) in [4.78, 5) is 1.19. The fourth-order valence-electron chi connectivity index (χ4n) is 1.93. The molecule has 0 aliphatic heterocycles. The van der Waals surface area contributed by atoms with E-state index in [1.807, 2.05) is 30.6 Å². The molecule has 0 saturated heterocycles. The SMILES string of the molecule is CNC(c1ccc(OC)cc1)c1sccc1OC. The normalized spacial score (nSPS) is 12.2. The summed E-state index contributed by atoms with van der Waals surface area (Å²) in [5.41, 5.74) is 1.19. The van der Waals surface area contributed by atoms with Crippen molar-refractivity contribution in [2.24, 2.45) is 0 Å². The van der Waals surface area contributed by atoms with E-state index in [1.54, 1.807) is 25.6 Å². The van der Waals surface area contributed by atoms with Crippen molar-refractivity contribution in [3.05, 3.63) is 46.2 Å². The molecule has 18 heavy (non-hydrogen) atoms. The molecule has 0 radical (unpaired) electrons. The molecule has 0 saturated carbocycles. The van der Waals surface area contributed by atoms with E-state index in [0.717, 1.165) is 11.5 Å². The second-order valence-corrected chi connectivity index (χ2v) is 4.80. The number of ether oxygens (including phenoxy) is 2. The number of benzene rings is 1. The van der Waals surface area contributed by atoms with Gasteiger partial charge in [-0.15, -0.1) is 11.3 Å². The molecule has 1 unspecified atom stereocenters. The van der Waals surface area contributed by atoms with Gasteiger partial charge in [0.25, 0.3) is 0 Å². The molecular weight excluding hydrogens is 246 g/mol. The maximum absolute atomic E-state index is 5.38. The Bertz CT molecular complexity index is 493. The van der Waals surface area contributed by atoms with E-state index in [9.17, 15) is 0 Å². The number of rotatable bonds is 5. The Morgan fingerprint density at radius 3 is 2.33 bits per heavy atom. The van der Waals surface area contributed by atoms with Gasteiger partial charge in [-0.3, -0.25) is 0 Å². The standard InChI is InChI=1S/C14H17NO2S/c1-15-13(14-12(17-3)8-9-18-14)10-4-6-11(16-2)7-5-10/h4-9,13,15H,1-3H3. The molecule has 1 heterocycles. The fraction of sp³-hybridized carbons (Fsp3) is 0.286. The molecule has 0 bridgehead atoms. The molecule has 2 rings (SSSR count). The summed E-state index contributed by atoms with van der Waals surface area (Å²) >= 11 is 1.69. The molecule has 1 N–H and O–H groups in total. The molecule has 0 aliphatic rings. The minimum absolute atomic E-state index is 0.144. The minimum atomic E-state index is 0.144. The smallest absolute Gasteiger partial charge is 0.134 e. The van der Waals surface area contributed by atoms with Crippen molar-refractivity contribution < 1.29 is 9.47 Å². The third-order valence-electron chi connectivity index (χ3n) is 2.88. The van der Waals surface area contributed by atoms with Crippen LogP contribution in [-0.2, 0) is 0 Å². The van der Waals surface area contributed by atoms with Gasteiger partial charge in [0.05, 0.1) is 25.1 Å². The molecule has 2 aromatic rings. The summed E-state index contributed by atoms with van der Waals surface area (Å²) in [6, 6.07) is 10.2. The Balaban J connectivity index is 2.32. The quantitative estimate of drug-likeness (QED) is 0.899. The van der Waals surface area contributed by atoms with Gasteiger partial charge in [-0.05, 0) is 36.2 Å². The lowest BCUT2D eigenvalue weighted by Gasteiger charge is -2.17. The van der Waals surface area contributed by atoms with Crippen LogP contribution in [0.3, 0.4) is 0 Å². The second kappa shape index (κ2) is 5.89. The molecule has 3 nitrogen and oxygen atoms in total. The van der Waals surface area contributed by atoms with Crippen molar-refractivity contribution in [3.63, 3.8) is 0 Å². The summed E-state index contributed by atoms with van der Waals surface area (Å²) in [6.45, 7) is 0. The van der Waals surface area contributed by atoms with Crippen LogP contribution in [0.2, 0.25) is 0 Å². The molecular formula is C14H17NO2S. The van der Waals surface area contributed by atoms with Crippen molar-refractivity contribution in [1.82, 2.24) is 5.32 Å². The summed E-state index contributed by atoms with van der Waals surface area (Å²) in [6.07, 6.45) is 0. The Labute approximate surface area is 111 Å². The Morgan fingerprint density at radius 1 is 1.06 bits per heavy atom. The summed E-state index contributed by atoms with van der Waals surface area (Å²) < 4.78 is 10.6. The molecule has 0 spiro atoms. The first-order valence-electron chi connectivity index (χ1n) is 5.72. The van der Waals surface area contributed by atoms with Crippen LogP contribution >= 0.6 is 11.3 Å². The van der Waals surface area contributed by atoms with Crippen LogP contribution in [-0.4, -0.2) is 21.3 Å². The fourth-order valence-corrected chi connectivity index (χ4v) is 2.93. The average molecular weight is 263 g/mol. The lowest BCUT2D eigenvalue weighted by atomic mass is 10.1. The predicted molar refractivity (Wildman–Crippen MR) is 74.8 cm³/mol. The lowest BCUT2D eigenvalue weighted by molar-refractivity contribution is 0.408. The van der Waals surface area contributed by atoms with Crippen LogP contribution in [0.15, 0.2) is 35.7 Å². The molecule has 96 valence electrons. The highest BCUT2D eigenvalue weighted by Gasteiger charge is 2.17. The van der Waals surface area contributed by atoms with Gasteiger partial charge in [-0.1, -0.05) is 12.1 Å². The van der Waals surface area contributed by atoms with Crippen LogP contribution in [0, 0.1) is 0 Å². The predicted octanol–water partition coefficient (Wildman–Crippen LogP) is 3.07. The van der Waals surface area contributed by atoms with Crippen molar-refractivity contribution in [2.75, 3.05) is 21.3 Å². The van der Waals surface area contributed by atoms with Gasteiger partial charge in [0.1, 0.15) is 11.5 Å². The highest BCUT2D eigenvalue weighted by atomic mass is 32.1. The number of hydrogen-bond acceptors (Lipinski definition) is 4. The highest BCUT2D eigenvalue weighted by Crippen LogP contribution is 2.34. The third kappa shape index (κ3) is 2.49. The largest absolute Gasteiger partial charge is 0.497 e. The summed E-state index contributed by atoms with van der Waals surface area (Å²) in [5, 5.41) is 5.37. The Morgan fingerprint density at radius 2 is 1.78 bits per heavy atom. The first-order valence-corrected chi connectivity index (χ1v) is 6.60. The summed E-state index contributed by atoms with van der Waals surface area (Å²) in [7, 11) is 5.33. The van der Waals surface area contributed by atoms with Gasteiger partial charge in [0.15, 0.2) is 0 Å². The summed E-state index contributed by atoms with van der Waals surface area (Å²) in [5.74, 6) is 1.79. The zero-order valence-electron chi connectivity index (χ0n) is 10.8. The molecule has 0 amide bonds. The van der Waals surface area contributed by atoms with Gasteiger partial charge in [0, 0.05) is 0 Å². The lowest BCUT2D eigenvalue weighted by Crippen LogP contribution is -2.17. The van der Waals surface area contributed by atoms with Gasteiger partial charge in [0.2, 0.25) is 0 Å². The molecule has 0 fully saturated rings. The van der Waals surface area contributed by atoms with Crippen LogP contribution < -0.4 is 14.8 Å². The van der Waals surface area contributed by atoms with Crippen molar-refractivity contribution >= 4 is 11.3 Å². The van der Waals surface area contributed by atoms with Crippen LogP contribution in [0.5, 0.6) is 11.5 Å².